The van der Waals surface area contributed by atoms with E-state index in [9.17, 15) is 9.59 Å². The van der Waals surface area contributed by atoms with Crippen molar-refractivity contribution in [3.05, 3.63) is 29.8 Å². The maximum atomic E-state index is 11.9. The molecule has 0 spiro atoms. The summed E-state index contributed by atoms with van der Waals surface area (Å²) < 4.78 is 0. The van der Waals surface area contributed by atoms with Crippen molar-refractivity contribution >= 4 is 17.5 Å². The third-order valence-corrected chi connectivity index (χ3v) is 3.06. The molecule has 1 aromatic carbocycles. The quantitative estimate of drug-likeness (QED) is 0.868. The molecule has 0 radical (unpaired) electrons. The highest BCUT2D eigenvalue weighted by molar-refractivity contribution is 5.91. The Hall–Kier alpha value is -1.84. The van der Waals surface area contributed by atoms with E-state index in [0.29, 0.717) is 25.4 Å². The minimum absolute atomic E-state index is 0.0161. The van der Waals surface area contributed by atoms with Crippen molar-refractivity contribution < 1.29 is 9.59 Å². The number of amides is 2. The number of carbonyl (C=O) groups is 2. The van der Waals surface area contributed by atoms with Crippen molar-refractivity contribution in [2.75, 3.05) is 18.4 Å². The Balaban J connectivity index is 2.50. The smallest absolute Gasteiger partial charge is 0.226 e. The number of para-hydroxylation sites is 1. The van der Waals surface area contributed by atoms with Crippen LogP contribution in [0.2, 0.25) is 0 Å². The molecular formula is C16H24N2O2. The Bertz CT molecular complexity index is 469. The first kappa shape index (κ1) is 16.2. The van der Waals surface area contributed by atoms with Gasteiger partial charge in [-0.15, -0.1) is 0 Å². The van der Waals surface area contributed by atoms with E-state index >= 15 is 0 Å². The second kappa shape index (κ2) is 7.68. The van der Waals surface area contributed by atoms with Gasteiger partial charge in [-0.3, -0.25) is 9.59 Å². The number of hydrogen-bond acceptors (Lipinski definition) is 2. The zero-order valence-corrected chi connectivity index (χ0v) is 12.8. The molecule has 1 aromatic rings. The number of carbonyl (C=O) groups excluding carboxylic acids is 2. The van der Waals surface area contributed by atoms with Crippen LogP contribution < -0.4 is 5.32 Å². The highest BCUT2D eigenvalue weighted by Crippen LogP contribution is 2.13. The Kier molecular flexibility index (Phi) is 6.22. The highest BCUT2D eigenvalue weighted by Gasteiger charge is 2.13. The van der Waals surface area contributed by atoms with Crippen molar-refractivity contribution in [3.63, 3.8) is 0 Å². The van der Waals surface area contributed by atoms with Gasteiger partial charge in [-0.05, 0) is 24.5 Å². The zero-order valence-electron chi connectivity index (χ0n) is 12.8. The average molecular weight is 276 g/mol. The molecule has 110 valence electrons. The fourth-order valence-electron chi connectivity index (χ4n) is 1.98. The maximum absolute atomic E-state index is 11.9. The molecule has 2 amide bonds. The summed E-state index contributed by atoms with van der Waals surface area (Å²) in [6.45, 7) is 8.77. The summed E-state index contributed by atoms with van der Waals surface area (Å²) in [5, 5.41) is 2.88. The number of nitrogens with zero attached hydrogens (tertiary/aromatic N) is 1. The largest absolute Gasteiger partial charge is 0.342 e. The maximum Gasteiger partial charge on any atom is 0.226 e. The van der Waals surface area contributed by atoms with Gasteiger partial charge in [0.25, 0.3) is 0 Å². The molecule has 0 aromatic heterocycles. The minimum atomic E-state index is -0.0608. The second-order valence-corrected chi connectivity index (χ2v) is 5.47. The lowest BCUT2D eigenvalue weighted by atomic mass is 10.2. The van der Waals surface area contributed by atoms with E-state index in [1.54, 1.807) is 11.8 Å². The third-order valence-electron chi connectivity index (χ3n) is 3.06. The first-order chi connectivity index (χ1) is 9.40. The lowest BCUT2D eigenvalue weighted by Gasteiger charge is -2.22. The van der Waals surface area contributed by atoms with Gasteiger partial charge in [-0.25, -0.2) is 0 Å². The van der Waals surface area contributed by atoms with E-state index in [4.69, 9.17) is 0 Å². The lowest BCUT2D eigenvalue weighted by Crippen LogP contribution is -2.34. The Morgan fingerprint density at radius 3 is 2.45 bits per heavy atom. The van der Waals surface area contributed by atoms with E-state index < -0.39 is 0 Å². The Labute approximate surface area is 121 Å². The number of hydrogen-bond donors (Lipinski definition) is 1. The molecule has 0 atom stereocenters. The molecule has 0 bridgehead atoms. The number of aryl methyl sites for hydroxylation is 1. The van der Waals surface area contributed by atoms with E-state index in [2.05, 4.69) is 19.2 Å². The molecule has 0 aliphatic carbocycles. The average Bonchev–Trinajstić information content (AvgIpc) is 2.36. The number of rotatable bonds is 6. The van der Waals surface area contributed by atoms with Crippen LogP contribution in [0.3, 0.4) is 0 Å². The van der Waals surface area contributed by atoms with Crippen LogP contribution in [-0.4, -0.2) is 29.8 Å². The van der Waals surface area contributed by atoms with E-state index in [1.807, 2.05) is 31.2 Å². The molecule has 0 aliphatic rings. The molecule has 0 saturated heterocycles. The van der Waals surface area contributed by atoms with Crippen LogP contribution >= 0.6 is 0 Å². The summed E-state index contributed by atoms with van der Waals surface area (Å²) in [4.78, 5) is 25.2. The summed E-state index contributed by atoms with van der Waals surface area (Å²) in [5.41, 5.74) is 1.86. The summed E-state index contributed by atoms with van der Waals surface area (Å²) in [6, 6.07) is 7.66. The molecule has 20 heavy (non-hydrogen) atoms. The fraction of sp³-hybridized carbons (Fsp3) is 0.500. The third kappa shape index (κ3) is 5.43. The van der Waals surface area contributed by atoms with Crippen LogP contribution in [0.25, 0.3) is 0 Å². The van der Waals surface area contributed by atoms with Crippen LogP contribution in [0, 0.1) is 12.8 Å². The second-order valence-electron chi connectivity index (χ2n) is 5.47. The highest BCUT2D eigenvalue weighted by atomic mass is 16.2. The minimum Gasteiger partial charge on any atom is -0.342 e. The van der Waals surface area contributed by atoms with E-state index in [0.717, 1.165) is 11.3 Å². The Morgan fingerprint density at radius 1 is 1.25 bits per heavy atom. The molecule has 1 N–H and O–H groups in total. The molecule has 0 aliphatic heterocycles. The van der Waals surface area contributed by atoms with Gasteiger partial charge in [-0.1, -0.05) is 32.0 Å². The van der Waals surface area contributed by atoms with Crippen LogP contribution in [0.15, 0.2) is 24.3 Å². The lowest BCUT2D eigenvalue weighted by molar-refractivity contribution is -0.129. The van der Waals surface area contributed by atoms with Crippen molar-refractivity contribution in [3.8, 4) is 0 Å². The van der Waals surface area contributed by atoms with Crippen molar-refractivity contribution in [2.24, 2.45) is 5.92 Å². The molecule has 4 nitrogen and oxygen atoms in total. The first-order valence-electron chi connectivity index (χ1n) is 7.01. The molecule has 0 heterocycles. The molecule has 0 saturated carbocycles. The SMILES string of the molecule is CC(=O)N(CCC(=O)Nc1ccccc1C)CC(C)C. The van der Waals surface area contributed by atoms with Crippen LogP contribution in [-0.2, 0) is 9.59 Å². The normalized spacial score (nSPS) is 10.4. The number of nitrogens with one attached hydrogen (secondary N) is 1. The van der Waals surface area contributed by atoms with Gasteiger partial charge in [0.05, 0.1) is 0 Å². The predicted molar refractivity (Wildman–Crippen MR) is 81.5 cm³/mol. The summed E-state index contributed by atoms with van der Waals surface area (Å²) in [7, 11) is 0. The van der Waals surface area contributed by atoms with Crippen molar-refractivity contribution in [1.82, 2.24) is 4.90 Å². The topological polar surface area (TPSA) is 49.4 Å². The number of benzene rings is 1. The van der Waals surface area contributed by atoms with Crippen molar-refractivity contribution in [1.29, 1.82) is 0 Å². The molecule has 1 rings (SSSR count). The molecule has 4 heteroatoms. The zero-order chi connectivity index (χ0) is 15.1. The first-order valence-corrected chi connectivity index (χ1v) is 7.01. The molecule has 0 fully saturated rings. The standard InChI is InChI=1S/C16H24N2O2/c1-12(2)11-18(14(4)19)10-9-16(20)17-15-8-6-5-7-13(15)3/h5-8,12H,9-11H2,1-4H3,(H,17,20). The summed E-state index contributed by atoms with van der Waals surface area (Å²) >= 11 is 0. The van der Waals surface area contributed by atoms with E-state index in [-0.39, 0.29) is 11.8 Å². The molecular weight excluding hydrogens is 252 g/mol. The van der Waals surface area contributed by atoms with Crippen molar-refractivity contribution in [2.45, 2.75) is 34.1 Å². The predicted octanol–water partition coefficient (Wildman–Crippen LogP) is 2.83. The van der Waals surface area contributed by atoms with Crippen LogP contribution in [0.5, 0.6) is 0 Å². The summed E-state index contributed by atoms with van der Waals surface area (Å²) in [6.07, 6.45) is 0.320. The van der Waals surface area contributed by atoms with Crippen LogP contribution in [0.1, 0.15) is 32.8 Å². The molecule has 0 unspecified atom stereocenters. The van der Waals surface area contributed by atoms with Gasteiger partial charge in [0.15, 0.2) is 0 Å². The van der Waals surface area contributed by atoms with Gasteiger partial charge in [0.2, 0.25) is 11.8 Å². The summed E-state index contributed by atoms with van der Waals surface area (Å²) in [5.74, 6) is 0.357. The van der Waals surface area contributed by atoms with Gasteiger partial charge < -0.3 is 10.2 Å². The van der Waals surface area contributed by atoms with Gasteiger partial charge in [-0.2, -0.15) is 0 Å². The van der Waals surface area contributed by atoms with Crippen LogP contribution in [0.4, 0.5) is 5.69 Å². The van der Waals surface area contributed by atoms with E-state index in [1.165, 1.54) is 0 Å². The van der Waals surface area contributed by atoms with Gasteiger partial charge in [0, 0.05) is 32.1 Å². The van der Waals surface area contributed by atoms with Gasteiger partial charge >= 0.3 is 0 Å². The Morgan fingerprint density at radius 2 is 1.90 bits per heavy atom. The van der Waals surface area contributed by atoms with Gasteiger partial charge in [0.1, 0.15) is 0 Å². The monoisotopic (exact) mass is 276 g/mol. The number of anilines is 1. The fourth-order valence-corrected chi connectivity index (χ4v) is 1.98.